The van der Waals surface area contributed by atoms with E-state index in [9.17, 15) is 0 Å². The maximum absolute atomic E-state index is 5.85. The molecule has 3 atom stereocenters. The number of nitrogens with one attached hydrogen (secondary N) is 1. The standard InChI is InChI=1S/C13H27NO3/c1-6-14-10-9-11(12(10)15-4)17-8-7-13(2,3)16-5/h10-12,14H,6-9H2,1-5H3. The molecule has 0 aromatic rings. The lowest BCUT2D eigenvalue weighted by Crippen LogP contribution is -2.59. The molecule has 3 unspecified atom stereocenters. The van der Waals surface area contributed by atoms with Gasteiger partial charge in [-0.25, -0.2) is 0 Å². The molecule has 0 heterocycles. The first kappa shape index (κ1) is 14.9. The minimum atomic E-state index is -0.104. The van der Waals surface area contributed by atoms with Crippen molar-refractivity contribution in [3.05, 3.63) is 0 Å². The van der Waals surface area contributed by atoms with Gasteiger partial charge in [0.2, 0.25) is 0 Å². The average Bonchev–Trinajstić information content (AvgIpc) is 2.27. The smallest absolute Gasteiger partial charge is 0.0986 e. The van der Waals surface area contributed by atoms with Gasteiger partial charge in [0.1, 0.15) is 0 Å². The molecule has 0 amide bonds. The van der Waals surface area contributed by atoms with E-state index >= 15 is 0 Å². The molecule has 4 heteroatoms. The Hall–Kier alpha value is -0.160. The van der Waals surface area contributed by atoms with Gasteiger partial charge in [0, 0.05) is 26.9 Å². The average molecular weight is 245 g/mol. The summed E-state index contributed by atoms with van der Waals surface area (Å²) < 4.78 is 16.7. The maximum Gasteiger partial charge on any atom is 0.0986 e. The van der Waals surface area contributed by atoms with Crippen LogP contribution in [-0.2, 0) is 14.2 Å². The minimum Gasteiger partial charge on any atom is -0.379 e. The van der Waals surface area contributed by atoms with Gasteiger partial charge < -0.3 is 19.5 Å². The van der Waals surface area contributed by atoms with Gasteiger partial charge in [-0.1, -0.05) is 6.92 Å². The van der Waals surface area contributed by atoms with Crippen molar-refractivity contribution >= 4 is 0 Å². The van der Waals surface area contributed by atoms with Crippen LogP contribution in [0.15, 0.2) is 0 Å². The Labute approximate surface area is 105 Å². The lowest BCUT2D eigenvalue weighted by atomic mass is 9.85. The van der Waals surface area contributed by atoms with Crippen LogP contribution in [0.3, 0.4) is 0 Å². The van der Waals surface area contributed by atoms with Gasteiger partial charge in [-0.05, 0) is 33.2 Å². The molecular formula is C13H27NO3. The molecule has 0 radical (unpaired) electrons. The zero-order valence-electron chi connectivity index (χ0n) is 11.8. The number of hydrogen-bond donors (Lipinski definition) is 1. The van der Waals surface area contributed by atoms with Gasteiger partial charge in [0.05, 0.1) is 17.8 Å². The molecule has 0 saturated heterocycles. The Morgan fingerprint density at radius 2 is 2.00 bits per heavy atom. The second-order valence-electron chi connectivity index (χ2n) is 5.22. The maximum atomic E-state index is 5.85. The molecule has 0 spiro atoms. The van der Waals surface area contributed by atoms with Crippen molar-refractivity contribution in [2.75, 3.05) is 27.4 Å². The molecule has 1 N–H and O–H groups in total. The molecule has 17 heavy (non-hydrogen) atoms. The lowest BCUT2D eigenvalue weighted by Gasteiger charge is -2.43. The molecule has 1 aliphatic rings. The van der Waals surface area contributed by atoms with Crippen LogP contribution in [0.1, 0.15) is 33.6 Å². The molecule has 0 aromatic heterocycles. The van der Waals surface area contributed by atoms with Gasteiger partial charge >= 0.3 is 0 Å². The Morgan fingerprint density at radius 1 is 1.29 bits per heavy atom. The zero-order chi connectivity index (χ0) is 12.9. The van der Waals surface area contributed by atoms with Crippen LogP contribution in [0.5, 0.6) is 0 Å². The van der Waals surface area contributed by atoms with E-state index < -0.39 is 0 Å². The van der Waals surface area contributed by atoms with Gasteiger partial charge in [0.25, 0.3) is 0 Å². The van der Waals surface area contributed by atoms with Gasteiger partial charge in [-0.2, -0.15) is 0 Å². The largest absolute Gasteiger partial charge is 0.379 e. The highest BCUT2D eigenvalue weighted by Gasteiger charge is 2.41. The van der Waals surface area contributed by atoms with Crippen molar-refractivity contribution in [3.8, 4) is 0 Å². The third-order valence-electron chi connectivity index (χ3n) is 3.58. The summed E-state index contributed by atoms with van der Waals surface area (Å²) in [5, 5.41) is 3.40. The van der Waals surface area contributed by atoms with Crippen molar-refractivity contribution in [3.63, 3.8) is 0 Å². The van der Waals surface area contributed by atoms with Crippen molar-refractivity contribution in [2.45, 2.75) is 57.5 Å². The zero-order valence-corrected chi connectivity index (χ0v) is 11.8. The molecule has 1 aliphatic carbocycles. The monoisotopic (exact) mass is 245 g/mol. The highest BCUT2D eigenvalue weighted by atomic mass is 16.5. The predicted octanol–water partition coefficient (Wildman–Crippen LogP) is 1.58. The number of hydrogen-bond acceptors (Lipinski definition) is 4. The van der Waals surface area contributed by atoms with Crippen molar-refractivity contribution in [1.29, 1.82) is 0 Å². The van der Waals surface area contributed by atoms with Gasteiger partial charge in [-0.15, -0.1) is 0 Å². The second kappa shape index (κ2) is 6.69. The summed E-state index contributed by atoms with van der Waals surface area (Å²) in [6.45, 7) is 7.97. The van der Waals surface area contributed by atoms with Crippen LogP contribution in [0.2, 0.25) is 0 Å². The highest BCUT2D eigenvalue weighted by Crippen LogP contribution is 2.27. The summed E-state index contributed by atoms with van der Waals surface area (Å²) in [5.41, 5.74) is -0.104. The van der Waals surface area contributed by atoms with E-state index in [-0.39, 0.29) is 17.8 Å². The number of likely N-dealkylation sites (N-methyl/N-ethyl adjacent to an activating group) is 1. The van der Waals surface area contributed by atoms with Gasteiger partial charge in [0.15, 0.2) is 0 Å². The minimum absolute atomic E-state index is 0.104. The third-order valence-corrected chi connectivity index (χ3v) is 3.58. The third kappa shape index (κ3) is 4.21. The van der Waals surface area contributed by atoms with E-state index in [0.29, 0.717) is 6.04 Å². The summed E-state index contributed by atoms with van der Waals surface area (Å²) in [4.78, 5) is 0. The molecule has 0 bridgehead atoms. The van der Waals surface area contributed by atoms with E-state index in [0.717, 1.165) is 26.0 Å². The Kier molecular flexibility index (Phi) is 5.86. The van der Waals surface area contributed by atoms with Crippen molar-refractivity contribution < 1.29 is 14.2 Å². The van der Waals surface area contributed by atoms with Crippen LogP contribution < -0.4 is 5.32 Å². The fourth-order valence-corrected chi connectivity index (χ4v) is 2.08. The SMILES string of the molecule is CCNC1CC(OCCC(C)(C)OC)C1OC. The Morgan fingerprint density at radius 3 is 2.53 bits per heavy atom. The summed E-state index contributed by atoms with van der Waals surface area (Å²) in [5.74, 6) is 0. The van der Waals surface area contributed by atoms with Crippen molar-refractivity contribution in [2.24, 2.45) is 0 Å². The fourth-order valence-electron chi connectivity index (χ4n) is 2.08. The number of rotatable bonds is 8. The Bertz CT molecular complexity index is 221. The molecule has 102 valence electrons. The number of ether oxygens (including phenoxy) is 3. The van der Waals surface area contributed by atoms with E-state index in [1.807, 2.05) is 0 Å². The number of methoxy groups -OCH3 is 2. The fraction of sp³-hybridized carbons (Fsp3) is 1.00. The molecule has 1 rings (SSSR count). The molecular weight excluding hydrogens is 218 g/mol. The molecule has 1 fully saturated rings. The van der Waals surface area contributed by atoms with Crippen LogP contribution in [-0.4, -0.2) is 51.2 Å². The molecule has 0 aliphatic heterocycles. The first-order valence-electron chi connectivity index (χ1n) is 6.47. The predicted molar refractivity (Wildman–Crippen MR) is 68.3 cm³/mol. The summed E-state index contributed by atoms with van der Waals surface area (Å²) >= 11 is 0. The second-order valence-corrected chi connectivity index (χ2v) is 5.22. The quantitative estimate of drug-likeness (QED) is 0.705. The topological polar surface area (TPSA) is 39.7 Å². The highest BCUT2D eigenvalue weighted by molar-refractivity contribution is 4.96. The molecule has 0 aromatic carbocycles. The van der Waals surface area contributed by atoms with E-state index in [2.05, 4.69) is 26.1 Å². The van der Waals surface area contributed by atoms with Gasteiger partial charge in [-0.3, -0.25) is 0 Å². The van der Waals surface area contributed by atoms with E-state index in [1.54, 1.807) is 14.2 Å². The van der Waals surface area contributed by atoms with Crippen LogP contribution in [0, 0.1) is 0 Å². The molecule has 1 saturated carbocycles. The summed E-state index contributed by atoms with van der Waals surface area (Å²) in [7, 11) is 3.49. The normalized spacial score (nSPS) is 29.1. The van der Waals surface area contributed by atoms with E-state index in [1.165, 1.54) is 0 Å². The molecule has 4 nitrogen and oxygen atoms in total. The first-order chi connectivity index (χ1) is 8.04. The summed E-state index contributed by atoms with van der Waals surface area (Å²) in [6, 6.07) is 0.449. The van der Waals surface area contributed by atoms with E-state index in [4.69, 9.17) is 14.2 Å². The lowest BCUT2D eigenvalue weighted by molar-refractivity contribution is -0.141. The first-order valence-corrected chi connectivity index (χ1v) is 6.47. The van der Waals surface area contributed by atoms with Crippen LogP contribution in [0.25, 0.3) is 0 Å². The summed E-state index contributed by atoms with van der Waals surface area (Å²) in [6.07, 6.45) is 2.37. The Balaban J connectivity index is 2.21. The van der Waals surface area contributed by atoms with Crippen LogP contribution in [0.4, 0.5) is 0 Å². The van der Waals surface area contributed by atoms with Crippen LogP contribution >= 0.6 is 0 Å². The van der Waals surface area contributed by atoms with Crippen molar-refractivity contribution in [1.82, 2.24) is 5.32 Å².